The number of aldehydes is 1. The van der Waals surface area contributed by atoms with Crippen LogP contribution in [0.15, 0.2) is 4.52 Å². The van der Waals surface area contributed by atoms with Crippen molar-refractivity contribution in [3.05, 3.63) is 11.7 Å². The summed E-state index contributed by atoms with van der Waals surface area (Å²) in [5.74, 6) is 1.07. The smallest absolute Gasteiger partial charge is 0.290 e. The number of hydrogen-bond donors (Lipinski definition) is 0. The molecule has 1 aromatic rings. The molecule has 0 aliphatic carbocycles. The largest absolute Gasteiger partial charge is 0.331 e. The third-order valence-electron chi connectivity index (χ3n) is 2.88. The van der Waals surface area contributed by atoms with E-state index in [0.717, 1.165) is 32.5 Å². The minimum Gasteiger partial charge on any atom is -0.331 e. The number of rotatable bonds is 3. The lowest BCUT2D eigenvalue weighted by Gasteiger charge is -2.29. The molecule has 1 aliphatic heterocycles. The summed E-state index contributed by atoms with van der Waals surface area (Å²) < 4.78 is 4.79. The Balaban J connectivity index is 2.06. The fourth-order valence-corrected chi connectivity index (χ4v) is 2.01. The Bertz CT molecular complexity index is 337. The molecule has 1 saturated heterocycles. The van der Waals surface area contributed by atoms with E-state index < -0.39 is 0 Å². The maximum atomic E-state index is 10.4. The first kappa shape index (κ1) is 10.3. The molecule has 15 heavy (non-hydrogen) atoms. The molecule has 1 atom stereocenters. The molecule has 1 aromatic heterocycles. The highest BCUT2D eigenvalue weighted by Crippen LogP contribution is 2.24. The number of piperidine rings is 1. The van der Waals surface area contributed by atoms with Gasteiger partial charge < -0.3 is 9.42 Å². The highest BCUT2D eigenvalue weighted by Gasteiger charge is 2.24. The molecule has 0 radical (unpaired) electrons. The predicted octanol–water partition coefficient (Wildman–Crippen LogP) is 1.08. The first-order valence-corrected chi connectivity index (χ1v) is 5.34. The molecule has 5 nitrogen and oxygen atoms in total. The molecule has 1 aliphatic rings. The number of aromatic nitrogens is 2. The fourth-order valence-electron chi connectivity index (χ4n) is 2.01. The SMILES string of the molecule is CCN1CCCC(c2noc(C=O)n2)C1. The van der Waals surface area contributed by atoms with Crippen molar-refractivity contribution in [2.45, 2.75) is 25.7 Å². The van der Waals surface area contributed by atoms with Gasteiger partial charge >= 0.3 is 0 Å². The average molecular weight is 209 g/mol. The molecule has 2 heterocycles. The van der Waals surface area contributed by atoms with Crippen LogP contribution in [0, 0.1) is 0 Å². The van der Waals surface area contributed by atoms with Crippen LogP contribution in [0.4, 0.5) is 0 Å². The van der Waals surface area contributed by atoms with E-state index in [-0.39, 0.29) is 5.89 Å². The van der Waals surface area contributed by atoms with Gasteiger partial charge in [0, 0.05) is 12.5 Å². The zero-order valence-electron chi connectivity index (χ0n) is 8.85. The summed E-state index contributed by atoms with van der Waals surface area (Å²) in [7, 11) is 0. The Kier molecular flexibility index (Phi) is 3.11. The van der Waals surface area contributed by atoms with Gasteiger partial charge in [-0.05, 0) is 25.9 Å². The van der Waals surface area contributed by atoms with Gasteiger partial charge in [0.2, 0.25) is 6.29 Å². The number of hydrogen-bond acceptors (Lipinski definition) is 5. The van der Waals surface area contributed by atoms with E-state index in [1.54, 1.807) is 0 Å². The van der Waals surface area contributed by atoms with Gasteiger partial charge in [0.15, 0.2) is 5.82 Å². The van der Waals surface area contributed by atoms with Crippen molar-refractivity contribution in [3.63, 3.8) is 0 Å². The molecule has 1 fully saturated rings. The topological polar surface area (TPSA) is 59.2 Å². The summed E-state index contributed by atoms with van der Waals surface area (Å²) in [6.45, 7) is 5.31. The van der Waals surface area contributed by atoms with Crippen LogP contribution in [0.25, 0.3) is 0 Å². The molecule has 82 valence electrons. The van der Waals surface area contributed by atoms with Crippen LogP contribution in [-0.4, -0.2) is 41.0 Å². The van der Waals surface area contributed by atoms with E-state index in [1.807, 2.05) is 0 Å². The van der Waals surface area contributed by atoms with E-state index >= 15 is 0 Å². The minimum absolute atomic E-state index is 0.0821. The normalized spacial score (nSPS) is 22.9. The second-order valence-corrected chi connectivity index (χ2v) is 3.84. The molecule has 2 rings (SSSR count). The van der Waals surface area contributed by atoms with Crippen LogP contribution < -0.4 is 0 Å². The summed E-state index contributed by atoms with van der Waals surface area (Å²) in [6.07, 6.45) is 2.83. The summed E-state index contributed by atoms with van der Waals surface area (Å²) in [4.78, 5) is 16.8. The Morgan fingerprint density at radius 2 is 2.53 bits per heavy atom. The lowest BCUT2D eigenvalue weighted by molar-refractivity contribution is 0.108. The second kappa shape index (κ2) is 4.53. The molecular weight excluding hydrogens is 194 g/mol. The maximum absolute atomic E-state index is 10.4. The Hall–Kier alpha value is -1.23. The summed E-state index contributed by atoms with van der Waals surface area (Å²) in [6, 6.07) is 0. The molecule has 0 aromatic carbocycles. The van der Waals surface area contributed by atoms with Crippen LogP contribution in [0.3, 0.4) is 0 Å². The summed E-state index contributed by atoms with van der Waals surface area (Å²) in [5, 5.41) is 3.84. The third kappa shape index (κ3) is 2.23. The molecule has 0 N–H and O–H groups in total. The molecule has 0 bridgehead atoms. The van der Waals surface area contributed by atoms with Gasteiger partial charge in [0.1, 0.15) is 0 Å². The van der Waals surface area contributed by atoms with Crippen molar-refractivity contribution in [1.82, 2.24) is 15.0 Å². The van der Waals surface area contributed by atoms with E-state index in [4.69, 9.17) is 4.52 Å². The molecular formula is C10H15N3O2. The zero-order chi connectivity index (χ0) is 10.7. The predicted molar refractivity (Wildman–Crippen MR) is 53.8 cm³/mol. The van der Waals surface area contributed by atoms with E-state index in [1.165, 1.54) is 0 Å². The summed E-state index contributed by atoms with van der Waals surface area (Å²) >= 11 is 0. The quantitative estimate of drug-likeness (QED) is 0.697. The van der Waals surface area contributed by atoms with E-state index in [0.29, 0.717) is 18.0 Å². The number of likely N-dealkylation sites (N-methyl/N-ethyl adjacent to an activating group) is 1. The Labute approximate surface area is 88.5 Å². The van der Waals surface area contributed by atoms with Gasteiger partial charge in [0.25, 0.3) is 5.89 Å². The monoisotopic (exact) mass is 209 g/mol. The van der Waals surface area contributed by atoms with E-state index in [2.05, 4.69) is 22.0 Å². The molecule has 0 saturated carbocycles. The van der Waals surface area contributed by atoms with Crippen LogP contribution in [0.2, 0.25) is 0 Å². The van der Waals surface area contributed by atoms with Gasteiger partial charge in [-0.2, -0.15) is 4.98 Å². The fraction of sp³-hybridized carbons (Fsp3) is 0.700. The first-order valence-electron chi connectivity index (χ1n) is 5.34. The van der Waals surface area contributed by atoms with Crippen molar-refractivity contribution in [1.29, 1.82) is 0 Å². The third-order valence-corrected chi connectivity index (χ3v) is 2.88. The minimum atomic E-state index is 0.0821. The number of carbonyl (C=O) groups excluding carboxylic acids is 1. The van der Waals surface area contributed by atoms with Crippen LogP contribution in [0.5, 0.6) is 0 Å². The highest BCUT2D eigenvalue weighted by molar-refractivity contribution is 5.66. The van der Waals surface area contributed by atoms with Gasteiger partial charge in [-0.3, -0.25) is 4.79 Å². The molecule has 1 unspecified atom stereocenters. The standard InChI is InChI=1S/C10H15N3O2/c1-2-13-5-3-4-8(6-13)10-11-9(7-14)15-12-10/h7-8H,2-6H2,1H3. The van der Waals surface area contributed by atoms with Crippen molar-refractivity contribution < 1.29 is 9.32 Å². The molecule has 5 heteroatoms. The lowest BCUT2D eigenvalue weighted by atomic mass is 9.97. The zero-order valence-corrected chi connectivity index (χ0v) is 8.85. The number of nitrogens with zero attached hydrogens (tertiary/aromatic N) is 3. The van der Waals surface area contributed by atoms with Crippen molar-refractivity contribution in [3.8, 4) is 0 Å². The lowest BCUT2D eigenvalue weighted by Crippen LogP contribution is -2.34. The van der Waals surface area contributed by atoms with Crippen molar-refractivity contribution in [2.24, 2.45) is 0 Å². The van der Waals surface area contributed by atoms with E-state index in [9.17, 15) is 4.79 Å². The maximum Gasteiger partial charge on any atom is 0.290 e. The number of likely N-dealkylation sites (tertiary alicyclic amines) is 1. The van der Waals surface area contributed by atoms with Gasteiger partial charge in [0.05, 0.1) is 0 Å². The van der Waals surface area contributed by atoms with Gasteiger partial charge in [-0.15, -0.1) is 0 Å². The Morgan fingerprint density at radius 1 is 1.67 bits per heavy atom. The summed E-state index contributed by atoms with van der Waals surface area (Å²) in [5.41, 5.74) is 0. The molecule has 0 amide bonds. The first-order chi connectivity index (χ1) is 7.33. The van der Waals surface area contributed by atoms with Crippen LogP contribution in [0.1, 0.15) is 42.2 Å². The van der Waals surface area contributed by atoms with Gasteiger partial charge in [-0.25, -0.2) is 0 Å². The molecule has 0 spiro atoms. The van der Waals surface area contributed by atoms with Crippen molar-refractivity contribution >= 4 is 6.29 Å². The van der Waals surface area contributed by atoms with Crippen LogP contribution >= 0.6 is 0 Å². The second-order valence-electron chi connectivity index (χ2n) is 3.84. The Morgan fingerprint density at radius 3 is 3.20 bits per heavy atom. The highest BCUT2D eigenvalue weighted by atomic mass is 16.5. The van der Waals surface area contributed by atoms with Crippen molar-refractivity contribution in [2.75, 3.05) is 19.6 Å². The average Bonchev–Trinajstić information content (AvgIpc) is 2.78. The van der Waals surface area contributed by atoms with Crippen LogP contribution in [-0.2, 0) is 0 Å². The van der Waals surface area contributed by atoms with Gasteiger partial charge in [-0.1, -0.05) is 12.1 Å². The number of carbonyl (C=O) groups is 1.